The van der Waals surface area contributed by atoms with Gasteiger partial charge in [-0.2, -0.15) is 4.31 Å². The Labute approximate surface area is 188 Å². The molecule has 0 radical (unpaired) electrons. The molecule has 0 fully saturated rings. The molecule has 0 saturated carbocycles. The molecule has 4 rings (SSSR count). The second kappa shape index (κ2) is 8.43. The molecular weight excluding hydrogens is 463 g/mol. The lowest BCUT2D eigenvalue weighted by atomic mass is 10.1. The van der Waals surface area contributed by atoms with Gasteiger partial charge in [0.15, 0.2) is 0 Å². The van der Waals surface area contributed by atoms with E-state index < -0.39 is 15.9 Å². The molecular formula is C20H16Cl2N4O4S. The average Bonchev–Trinajstić information content (AvgIpc) is 2.75. The van der Waals surface area contributed by atoms with Crippen LogP contribution in [0.3, 0.4) is 0 Å². The molecule has 2 aromatic carbocycles. The molecule has 3 aromatic rings. The number of carbonyl (C=O) groups excluding carboxylic acids is 1. The normalized spacial score (nSPS) is 14.1. The molecule has 0 saturated heterocycles. The van der Waals surface area contributed by atoms with Crippen molar-refractivity contribution in [3.63, 3.8) is 0 Å². The fraction of sp³-hybridized carbons (Fsp3) is 0.150. The molecule has 0 unspecified atom stereocenters. The van der Waals surface area contributed by atoms with Gasteiger partial charge in [-0.3, -0.25) is 4.79 Å². The van der Waals surface area contributed by atoms with Crippen LogP contribution in [-0.2, 0) is 23.0 Å². The first-order valence-corrected chi connectivity index (χ1v) is 11.3. The number of benzene rings is 2. The van der Waals surface area contributed by atoms with E-state index in [2.05, 4.69) is 9.97 Å². The summed E-state index contributed by atoms with van der Waals surface area (Å²) in [5.41, 5.74) is 6.48. The van der Waals surface area contributed by atoms with Gasteiger partial charge in [-0.25, -0.2) is 18.4 Å². The van der Waals surface area contributed by atoms with Gasteiger partial charge in [-0.05, 0) is 36.2 Å². The minimum absolute atomic E-state index is 0.0122. The average molecular weight is 479 g/mol. The first kappa shape index (κ1) is 21.5. The van der Waals surface area contributed by atoms with E-state index in [1.54, 1.807) is 30.3 Å². The lowest BCUT2D eigenvalue weighted by molar-refractivity contribution is 0.0990. The number of carbonyl (C=O) groups is 1. The first-order valence-electron chi connectivity index (χ1n) is 9.12. The van der Waals surface area contributed by atoms with Gasteiger partial charge < -0.3 is 10.5 Å². The lowest BCUT2D eigenvalue weighted by Gasteiger charge is -2.27. The van der Waals surface area contributed by atoms with E-state index in [4.69, 9.17) is 33.7 Å². The monoisotopic (exact) mass is 478 g/mol. The van der Waals surface area contributed by atoms with Gasteiger partial charge in [0.25, 0.3) is 5.91 Å². The van der Waals surface area contributed by atoms with Crippen LogP contribution in [0, 0.1) is 0 Å². The summed E-state index contributed by atoms with van der Waals surface area (Å²) in [6, 6.07) is 10.9. The maximum absolute atomic E-state index is 13.2. The third-order valence-electron chi connectivity index (χ3n) is 4.70. The van der Waals surface area contributed by atoms with Crippen molar-refractivity contribution in [2.45, 2.75) is 17.9 Å². The first-order chi connectivity index (χ1) is 14.7. The molecule has 0 atom stereocenters. The highest BCUT2D eigenvalue weighted by molar-refractivity contribution is 7.89. The third-order valence-corrected chi connectivity index (χ3v) is 7.28. The minimum atomic E-state index is -3.84. The summed E-state index contributed by atoms with van der Waals surface area (Å²) < 4.78 is 33.5. The van der Waals surface area contributed by atoms with Gasteiger partial charge in [-0.15, -0.1) is 0 Å². The predicted molar refractivity (Wildman–Crippen MR) is 115 cm³/mol. The number of rotatable bonds is 5. The molecule has 11 heteroatoms. The van der Waals surface area contributed by atoms with Crippen LogP contribution >= 0.6 is 23.2 Å². The summed E-state index contributed by atoms with van der Waals surface area (Å²) in [4.78, 5) is 19.4. The smallest absolute Gasteiger partial charge is 0.286 e. The Morgan fingerprint density at radius 2 is 1.87 bits per heavy atom. The summed E-state index contributed by atoms with van der Waals surface area (Å²) in [5, 5.41) is 0.714. The number of sulfonamides is 1. The molecule has 1 aromatic heterocycles. The van der Waals surface area contributed by atoms with E-state index in [0.717, 1.165) is 5.56 Å². The van der Waals surface area contributed by atoms with Gasteiger partial charge >= 0.3 is 0 Å². The second-order valence-electron chi connectivity index (χ2n) is 6.77. The summed E-state index contributed by atoms with van der Waals surface area (Å²) in [7, 11) is -3.84. The van der Waals surface area contributed by atoms with Crippen molar-refractivity contribution >= 4 is 39.1 Å². The second-order valence-corrected chi connectivity index (χ2v) is 9.52. The van der Waals surface area contributed by atoms with Crippen LogP contribution in [0.4, 0.5) is 0 Å². The summed E-state index contributed by atoms with van der Waals surface area (Å²) in [5.74, 6) is -0.160. The molecule has 0 bridgehead atoms. The molecule has 1 amide bonds. The van der Waals surface area contributed by atoms with E-state index in [1.807, 2.05) is 0 Å². The fourth-order valence-corrected chi connectivity index (χ4v) is 4.85. The number of amides is 1. The van der Waals surface area contributed by atoms with Crippen LogP contribution in [0.5, 0.6) is 11.5 Å². The van der Waals surface area contributed by atoms with Gasteiger partial charge in [0.1, 0.15) is 11.5 Å². The lowest BCUT2D eigenvalue weighted by Crippen LogP contribution is -2.37. The van der Waals surface area contributed by atoms with E-state index in [0.29, 0.717) is 33.7 Å². The van der Waals surface area contributed by atoms with E-state index in [1.165, 1.54) is 22.6 Å². The Hall–Kier alpha value is -2.72. The number of fused-ring (bicyclic) bond motifs is 1. The highest BCUT2D eigenvalue weighted by Crippen LogP contribution is 2.31. The Bertz CT molecular complexity index is 1280. The molecule has 1 aliphatic rings. The van der Waals surface area contributed by atoms with Crippen molar-refractivity contribution in [2.24, 2.45) is 5.73 Å². The zero-order chi connectivity index (χ0) is 22.2. The van der Waals surface area contributed by atoms with Crippen LogP contribution in [-0.4, -0.2) is 35.1 Å². The maximum Gasteiger partial charge on any atom is 0.286 e. The van der Waals surface area contributed by atoms with Gasteiger partial charge in [-0.1, -0.05) is 29.3 Å². The number of ether oxygens (including phenoxy) is 1. The van der Waals surface area contributed by atoms with Gasteiger partial charge in [0.2, 0.25) is 15.8 Å². The molecule has 2 N–H and O–H groups in total. The summed E-state index contributed by atoms with van der Waals surface area (Å²) in [6.45, 7) is 0.269. The summed E-state index contributed by atoms with van der Waals surface area (Å²) in [6.07, 6.45) is 1.94. The number of hydrogen-bond acceptors (Lipinski definition) is 6. The predicted octanol–water partition coefficient (Wildman–Crippen LogP) is 3.42. The molecule has 8 nitrogen and oxygen atoms in total. The Morgan fingerprint density at radius 3 is 2.61 bits per heavy atom. The number of hydrogen-bond donors (Lipinski definition) is 1. The van der Waals surface area contributed by atoms with Crippen molar-refractivity contribution in [1.29, 1.82) is 0 Å². The molecule has 1 aliphatic heterocycles. The largest absolute Gasteiger partial charge is 0.457 e. The van der Waals surface area contributed by atoms with Gasteiger partial charge in [0, 0.05) is 24.9 Å². The van der Waals surface area contributed by atoms with E-state index >= 15 is 0 Å². The van der Waals surface area contributed by atoms with Crippen molar-refractivity contribution in [3.8, 4) is 11.5 Å². The molecule has 0 spiro atoms. The highest BCUT2D eigenvalue weighted by atomic mass is 35.5. The molecule has 31 heavy (non-hydrogen) atoms. The number of primary amides is 1. The van der Waals surface area contributed by atoms with Gasteiger partial charge in [0.05, 0.1) is 27.2 Å². The zero-order valence-electron chi connectivity index (χ0n) is 16.0. The van der Waals surface area contributed by atoms with Crippen LogP contribution in [0.2, 0.25) is 10.0 Å². The number of aromatic nitrogens is 2. The van der Waals surface area contributed by atoms with E-state index in [9.17, 15) is 13.2 Å². The molecule has 0 aliphatic carbocycles. The Balaban J connectivity index is 1.59. The van der Waals surface area contributed by atoms with Crippen LogP contribution in [0.1, 0.15) is 21.9 Å². The number of nitrogens with two attached hydrogens (primary N) is 1. The Morgan fingerprint density at radius 1 is 1.10 bits per heavy atom. The molecule has 2 heterocycles. The maximum atomic E-state index is 13.2. The van der Waals surface area contributed by atoms with Crippen molar-refractivity contribution in [1.82, 2.24) is 14.3 Å². The van der Waals surface area contributed by atoms with E-state index in [-0.39, 0.29) is 23.8 Å². The van der Waals surface area contributed by atoms with Crippen molar-refractivity contribution < 1.29 is 17.9 Å². The number of halogens is 2. The number of nitrogens with zero attached hydrogens (tertiary/aromatic N) is 3. The van der Waals surface area contributed by atoms with Crippen molar-refractivity contribution in [2.75, 3.05) is 6.54 Å². The topological polar surface area (TPSA) is 115 Å². The molecule has 160 valence electrons. The third kappa shape index (κ3) is 4.49. The SMILES string of the molecule is NC(=O)c1ncc2c(n1)CN(S(=O)(=O)c1cccc(Oc3ccc(Cl)c(Cl)c3)c1)CC2. The summed E-state index contributed by atoms with van der Waals surface area (Å²) >= 11 is 11.9. The van der Waals surface area contributed by atoms with Crippen molar-refractivity contribution in [3.05, 3.63) is 75.8 Å². The van der Waals surface area contributed by atoms with Crippen LogP contribution in [0.25, 0.3) is 0 Å². The van der Waals surface area contributed by atoms with Crippen LogP contribution in [0.15, 0.2) is 53.6 Å². The zero-order valence-corrected chi connectivity index (χ0v) is 18.3. The fourth-order valence-electron chi connectivity index (χ4n) is 3.13. The highest BCUT2D eigenvalue weighted by Gasteiger charge is 2.30. The minimum Gasteiger partial charge on any atom is -0.457 e. The van der Waals surface area contributed by atoms with Crippen LogP contribution < -0.4 is 10.5 Å². The Kier molecular flexibility index (Phi) is 5.85. The quantitative estimate of drug-likeness (QED) is 0.600. The standard InChI is InChI=1S/C20H16Cl2N4O4S/c21-16-5-4-14(9-17(16)22)30-13-2-1-3-15(8-13)31(28,29)26-7-6-12-10-24-20(19(23)27)25-18(12)11-26/h1-5,8-10H,6-7,11H2,(H2,23,27).